The first kappa shape index (κ1) is 20.5. The Morgan fingerprint density at radius 1 is 1.04 bits per heavy atom. The van der Waals surface area contributed by atoms with Gasteiger partial charge in [0.1, 0.15) is 11.6 Å². The van der Waals surface area contributed by atoms with Gasteiger partial charge in [-0.3, -0.25) is 0 Å². The van der Waals surface area contributed by atoms with Gasteiger partial charge in [0.2, 0.25) is 0 Å². The maximum atomic E-state index is 12.3. The van der Waals surface area contributed by atoms with E-state index in [0.717, 1.165) is 16.7 Å². The number of nitrogens with one attached hydrogen (secondary N) is 1. The maximum absolute atomic E-state index is 12.3. The second kappa shape index (κ2) is 8.71. The van der Waals surface area contributed by atoms with Crippen LogP contribution in [0.5, 0.6) is 0 Å². The predicted molar refractivity (Wildman–Crippen MR) is 105 cm³/mol. The minimum Gasteiger partial charge on any atom is -0.480 e. The molecule has 0 bridgehead atoms. The van der Waals surface area contributed by atoms with E-state index in [-0.39, 0.29) is 5.92 Å². The molecule has 5 heteroatoms. The van der Waals surface area contributed by atoms with Crippen LogP contribution in [-0.4, -0.2) is 23.2 Å². The third kappa shape index (κ3) is 5.33. The van der Waals surface area contributed by atoms with Crippen molar-refractivity contribution in [2.45, 2.75) is 45.8 Å². The normalized spacial score (nSPS) is 13.5. The molecule has 0 aromatic heterocycles. The fourth-order valence-electron chi connectivity index (χ4n) is 2.82. The molecule has 0 radical (unpaired) electrons. The van der Waals surface area contributed by atoms with E-state index < -0.39 is 23.7 Å². The quantitative estimate of drug-likeness (QED) is 0.734. The van der Waals surface area contributed by atoms with Crippen LogP contribution in [0, 0.1) is 5.92 Å². The number of carbonyl (C=O) groups excluding carboxylic acids is 1. The molecule has 1 amide bonds. The Morgan fingerprint density at radius 3 is 2.11 bits per heavy atom. The third-order valence-corrected chi connectivity index (χ3v) is 4.79. The van der Waals surface area contributed by atoms with Crippen LogP contribution in [0.3, 0.4) is 0 Å². The second-order valence-electron chi connectivity index (χ2n) is 7.19. The molecule has 0 spiro atoms. The third-order valence-electron chi connectivity index (χ3n) is 4.79. The number of alkyl carbamates (subject to hydrolysis) is 1. The number of aliphatic carboxylic acids is 1. The number of carboxylic acid groups (broad SMARTS) is 1. The lowest BCUT2D eigenvalue weighted by molar-refractivity contribution is -0.140. The summed E-state index contributed by atoms with van der Waals surface area (Å²) in [5.74, 6) is -1.25. The number of amides is 1. The van der Waals surface area contributed by atoms with Crippen molar-refractivity contribution in [2.75, 3.05) is 0 Å². The molecule has 2 aromatic carbocycles. The van der Waals surface area contributed by atoms with Crippen LogP contribution in [-0.2, 0) is 15.1 Å². The Hall–Kier alpha value is -2.82. The highest BCUT2D eigenvalue weighted by Gasteiger charge is 2.30. The van der Waals surface area contributed by atoms with Crippen LogP contribution in [0.15, 0.2) is 54.6 Å². The van der Waals surface area contributed by atoms with Gasteiger partial charge in [0, 0.05) is 0 Å². The summed E-state index contributed by atoms with van der Waals surface area (Å²) in [6, 6.07) is 16.8. The van der Waals surface area contributed by atoms with Crippen LogP contribution in [0.4, 0.5) is 4.79 Å². The molecular weight excluding hydrogens is 342 g/mol. The van der Waals surface area contributed by atoms with Gasteiger partial charge in [-0.25, -0.2) is 9.59 Å². The van der Waals surface area contributed by atoms with Crippen molar-refractivity contribution in [3.8, 4) is 11.1 Å². The first-order valence-electron chi connectivity index (χ1n) is 9.13. The molecule has 5 nitrogen and oxygen atoms in total. The molecular formula is C22H27NO4. The van der Waals surface area contributed by atoms with Crippen LogP contribution >= 0.6 is 0 Å². The zero-order chi connectivity index (χ0) is 20.0. The zero-order valence-electron chi connectivity index (χ0n) is 16.2. The molecule has 144 valence electrons. The Labute approximate surface area is 160 Å². The molecule has 0 aliphatic rings. The number of rotatable bonds is 7. The summed E-state index contributed by atoms with van der Waals surface area (Å²) in [5.41, 5.74) is 2.12. The van der Waals surface area contributed by atoms with Gasteiger partial charge in [-0.05, 0) is 36.5 Å². The highest BCUT2D eigenvalue weighted by atomic mass is 16.6. The highest BCUT2D eigenvalue weighted by molar-refractivity contribution is 5.80. The lowest BCUT2D eigenvalue weighted by atomic mass is 9.95. The Kier molecular flexibility index (Phi) is 6.61. The van der Waals surface area contributed by atoms with Gasteiger partial charge in [-0.2, -0.15) is 0 Å². The summed E-state index contributed by atoms with van der Waals surface area (Å²) in [4.78, 5) is 23.6. The Balaban J connectivity index is 2.09. The predicted octanol–water partition coefficient (Wildman–Crippen LogP) is 4.81. The van der Waals surface area contributed by atoms with Crippen LogP contribution in [0.25, 0.3) is 11.1 Å². The molecule has 0 aliphatic carbocycles. The van der Waals surface area contributed by atoms with Crippen molar-refractivity contribution < 1.29 is 19.4 Å². The van der Waals surface area contributed by atoms with E-state index in [1.807, 2.05) is 61.5 Å². The number of hydrogen-bond donors (Lipinski definition) is 2. The van der Waals surface area contributed by atoms with E-state index in [9.17, 15) is 14.7 Å². The zero-order valence-corrected chi connectivity index (χ0v) is 16.2. The summed E-state index contributed by atoms with van der Waals surface area (Å²) in [6.07, 6.45) is -0.0958. The van der Waals surface area contributed by atoms with Gasteiger partial charge in [0.25, 0.3) is 0 Å². The van der Waals surface area contributed by atoms with Gasteiger partial charge >= 0.3 is 12.1 Å². The fraction of sp³-hybridized carbons (Fsp3) is 0.364. The van der Waals surface area contributed by atoms with Crippen LogP contribution in [0.1, 0.15) is 39.7 Å². The summed E-state index contributed by atoms with van der Waals surface area (Å²) >= 11 is 0. The van der Waals surface area contributed by atoms with Gasteiger partial charge in [-0.1, -0.05) is 74.9 Å². The van der Waals surface area contributed by atoms with Crippen molar-refractivity contribution in [1.29, 1.82) is 0 Å². The van der Waals surface area contributed by atoms with Crippen molar-refractivity contribution in [3.05, 3.63) is 60.2 Å². The Bertz CT molecular complexity index is 769. The summed E-state index contributed by atoms with van der Waals surface area (Å²) in [7, 11) is 0. The van der Waals surface area contributed by atoms with E-state index in [2.05, 4.69) is 5.32 Å². The molecule has 2 atom stereocenters. The molecule has 2 aromatic rings. The van der Waals surface area contributed by atoms with Gasteiger partial charge in [0.15, 0.2) is 0 Å². The number of carbonyl (C=O) groups is 2. The SMILES string of the molecule is CC[C@@H](C)[C@@H](NC(=O)OC(C)(C)c1ccc(-c2ccccc2)cc1)C(=O)O. The average Bonchev–Trinajstić information content (AvgIpc) is 2.65. The van der Waals surface area contributed by atoms with E-state index in [4.69, 9.17) is 4.74 Å². The second-order valence-corrected chi connectivity index (χ2v) is 7.19. The van der Waals surface area contributed by atoms with E-state index in [1.54, 1.807) is 20.8 Å². The number of carboxylic acids is 1. The van der Waals surface area contributed by atoms with Gasteiger partial charge in [-0.15, -0.1) is 0 Å². The molecule has 0 unspecified atom stereocenters. The van der Waals surface area contributed by atoms with Crippen molar-refractivity contribution >= 4 is 12.1 Å². The van der Waals surface area contributed by atoms with E-state index >= 15 is 0 Å². The van der Waals surface area contributed by atoms with Crippen LogP contribution in [0.2, 0.25) is 0 Å². The van der Waals surface area contributed by atoms with E-state index in [1.165, 1.54) is 0 Å². The minimum absolute atomic E-state index is 0.191. The number of benzene rings is 2. The van der Waals surface area contributed by atoms with Gasteiger partial charge < -0.3 is 15.2 Å². The van der Waals surface area contributed by atoms with Crippen molar-refractivity contribution in [1.82, 2.24) is 5.32 Å². The van der Waals surface area contributed by atoms with Crippen molar-refractivity contribution in [3.63, 3.8) is 0 Å². The smallest absolute Gasteiger partial charge is 0.408 e. The average molecular weight is 369 g/mol. The Morgan fingerprint density at radius 2 is 1.59 bits per heavy atom. The summed E-state index contributed by atoms with van der Waals surface area (Å²) in [5, 5.41) is 11.8. The van der Waals surface area contributed by atoms with Gasteiger partial charge in [0.05, 0.1) is 0 Å². The number of ether oxygens (including phenoxy) is 1. The molecule has 2 N–H and O–H groups in total. The number of hydrogen-bond acceptors (Lipinski definition) is 3. The maximum Gasteiger partial charge on any atom is 0.408 e. The molecule has 0 saturated carbocycles. The standard InChI is InChI=1S/C22H27NO4/c1-5-15(2)19(20(24)25)23-21(26)27-22(3,4)18-13-11-17(12-14-18)16-9-7-6-8-10-16/h6-15,19H,5H2,1-4H3,(H,23,26)(H,24,25)/t15-,19-/m1/s1. The largest absolute Gasteiger partial charge is 0.480 e. The highest BCUT2D eigenvalue weighted by Crippen LogP contribution is 2.28. The molecule has 0 saturated heterocycles. The lowest BCUT2D eigenvalue weighted by Crippen LogP contribution is -2.46. The molecule has 27 heavy (non-hydrogen) atoms. The first-order valence-corrected chi connectivity index (χ1v) is 9.13. The van der Waals surface area contributed by atoms with Crippen LogP contribution < -0.4 is 5.32 Å². The lowest BCUT2D eigenvalue weighted by Gasteiger charge is -2.28. The minimum atomic E-state index is -1.06. The molecule has 2 rings (SSSR count). The monoisotopic (exact) mass is 369 g/mol. The van der Waals surface area contributed by atoms with E-state index in [0.29, 0.717) is 6.42 Å². The topological polar surface area (TPSA) is 75.6 Å². The van der Waals surface area contributed by atoms with Crippen molar-refractivity contribution in [2.24, 2.45) is 5.92 Å². The molecule has 0 fully saturated rings. The fourth-order valence-corrected chi connectivity index (χ4v) is 2.82. The summed E-state index contributed by atoms with van der Waals surface area (Å²) in [6.45, 7) is 7.23. The molecule has 0 aliphatic heterocycles. The summed E-state index contributed by atoms with van der Waals surface area (Å²) < 4.78 is 5.53. The first-order chi connectivity index (χ1) is 12.7. The molecule has 0 heterocycles.